The van der Waals surface area contributed by atoms with Crippen LogP contribution in [-0.4, -0.2) is 38.8 Å². The molecule has 0 aliphatic heterocycles. The molecule has 6 heteroatoms. The molecule has 0 bridgehead atoms. The average molecular weight is 226 g/mol. The number of carbonyl (C=O) groups is 1. The summed E-state index contributed by atoms with van der Waals surface area (Å²) in [6.45, 7) is 6.33. The summed E-state index contributed by atoms with van der Waals surface area (Å²) in [5.74, 6) is -0.201. The van der Waals surface area contributed by atoms with Crippen molar-refractivity contribution in [1.82, 2.24) is 20.5 Å². The van der Waals surface area contributed by atoms with E-state index in [0.29, 0.717) is 6.42 Å². The summed E-state index contributed by atoms with van der Waals surface area (Å²) >= 11 is 0. The predicted molar refractivity (Wildman–Crippen MR) is 58.8 cm³/mol. The van der Waals surface area contributed by atoms with Crippen LogP contribution in [0.3, 0.4) is 0 Å². The second-order valence-corrected chi connectivity index (χ2v) is 4.96. The van der Waals surface area contributed by atoms with Gasteiger partial charge < -0.3 is 10.4 Å². The van der Waals surface area contributed by atoms with E-state index in [1.807, 2.05) is 20.8 Å². The van der Waals surface area contributed by atoms with Gasteiger partial charge in [-0.15, -0.1) is 0 Å². The Morgan fingerprint density at radius 3 is 2.81 bits per heavy atom. The third kappa shape index (κ3) is 4.39. The number of carbonyl (C=O) groups excluding carboxylic acids is 1. The first kappa shape index (κ1) is 12.6. The lowest BCUT2D eigenvalue weighted by Crippen LogP contribution is -2.34. The minimum Gasteiger partial charge on any atom is -0.391 e. The van der Waals surface area contributed by atoms with Crippen LogP contribution in [0.15, 0.2) is 6.33 Å². The molecule has 0 saturated carbocycles. The molecule has 16 heavy (non-hydrogen) atoms. The van der Waals surface area contributed by atoms with E-state index in [1.165, 1.54) is 6.33 Å². The average Bonchev–Trinajstić information content (AvgIpc) is 2.64. The van der Waals surface area contributed by atoms with Gasteiger partial charge in [-0.1, -0.05) is 20.8 Å². The third-order valence-corrected chi connectivity index (χ3v) is 1.98. The van der Waals surface area contributed by atoms with Gasteiger partial charge in [0.25, 0.3) is 5.91 Å². The monoisotopic (exact) mass is 226 g/mol. The van der Waals surface area contributed by atoms with Gasteiger partial charge in [-0.3, -0.25) is 9.89 Å². The lowest BCUT2D eigenvalue weighted by Gasteiger charge is -2.22. The fourth-order valence-corrected chi connectivity index (χ4v) is 1.39. The highest BCUT2D eigenvalue weighted by Gasteiger charge is 2.17. The number of nitrogens with zero attached hydrogens (tertiary/aromatic N) is 2. The maximum atomic E-state index is 11.4. The molecule has 0 aromatic carbocycles. The van der Waals surface area contributed by atoms with Crippen molar-refractivity contribution in [3.63, 3.8) is 0 Å². The van der Waals surface area contributed by atoms with Crippen molar-refractivity contribution in [2.24, 2.45) is 5.41 Å². The molecule has 1 unspecified atom stereocenters. The van der Waals surface area contributed by atoms with Crippen LogP contribution < -0.4 is 5.32 Å². The van der Waals surface area contributed by atoms with E-state index < -0.39 is 6.10 Å². The molecule has 0 saturated heterocycles. The Morgan fingerprint density at radius 1 is 1.62 bits per heavy atom. The molecule has 0 aliphatic rings. The number of aromatic nitrogens is 3. The Labute approximate surface area is 94.5 Å². The first-order chi connectivity index (χ1) is 7.38. The molecule has 1 aromatic rings. The van der Waals surface area contributed by atoms with Crippen molar-refractivity contribution < 1.29 is 9.90 Å². The smallest absolute Gasteiger partial charge is 0.288 e. The maximum Gasteiger partial charge on any atom is 0.288 e. The molecule has 1 heterocycles. The van der Waals surface area contributed by atoms with Crippen molar-refractivity contribution in [2.75, 3.05) is 6.54 Å². The van der Waals surface area contributed by atoms with Crippen LogP contribution in [0, 0.1) is 5.41 Å². The molecule has 1 amide bonds. The minimum atomic E-state index is -0.549. The zero-order valence-electron chi connectivity index (χ0n) is 9.82. The molecule has 0 aliphatic carbocycles. The summed E-state index contributed by atoms with van der Waals surface area (Å²) in [6, 6.07) is 0. The second-order valence-electron chi connectivity index (χ2n) is 4.96. The Balaban J connectivity index is 2.32. The molecule has 0 radical (unpaired) electrons. The van der Waals surface area contributed by atoms with Crippen molar-refractivity contribution in [1.29, 1.82) is 0 Å². The van der Waals surface area contributed by atoms with E-state index in [-0.39, 0.29) is 23.7 Å². The number of H-pyrrole nitrogens is 1. The number of rotatable bonds is 4. The molecule has 1 rings (SSSR count). The highest BCUT2D eigenvalue weighted by Crippen LogP contribution is 2.20. The van der Waals surface area contributed by atoms with Crippen LogP contribution in [0.5, 0.6) is 0 Å². The number of hydrogen-bond acceptors (Lipinski definition) is 4. The molecular weight excluding hydrogens is 208 g/mol. The van der Waals surface area contributed by atoms with E-state index in [9.17, 15) is 9.90 Å². The molecule has 6 nitrogen and oxygen atoms in total. The first-order valence-electron chi connectivity index (χ1n) is 5.20. The quantitative estimate of drug-likeness (QED) is 0.690. The highest BCUT2D eigenvalue weighted by molar-refractivity contribution is 5.90. The fourth-order valence-electron chi connectivity index (χ4n) is 1.39. The van der Waals surface area contributed by atoms with Crippen molar-refractivity contribution >= 4 is 5.91 Å². The summed E-state index contributed by atoms with van der Waals surface area (Å²) in [7, 11) is 0. The molecule has 0 fully saturated rings. The molecule has 1 aromatic heterocycles. The fraction of sp³-hybridized carbons (Fsp3) is 0.700. The van der Waals surface area contributed by atoms with Crippen molar-refractivity contribution in [3.8, 4) is 0 Å². The first-order valence-corrected chi connectivity index (χ1v) is 5.20. The third-order valence-electron chi connectivity index (χ3n) is 1.98. The van der Waals surface area contributed by atoms with Gasteiger partial charge in [0, 0.05) is 6.54 Å². The van der Waals surface area contributed by atoms with Crippen LogP contribution in [0.1, 0.15) is 37.8 Å². The van der Waals surface area contributed by atoms with E-state index in [1.54, 1.807) is 0 Å². The lowest BCUT2D eigenvalue weighted by molar-refractivity contribution is 0.0860. The Bertz CT molecular complexity index is 329. The normalized spacial score (nSPS) is 13.5. The molecule has 1 atom stereocenters. The van der Waals surface area contributed by atoms with Gasteiger partial charge in [-0.2, -0.15) is 5.10 Å². The molecular formula is C10H18N4O2. The zero-order valence-corrected chi connectivity index (χ0v) is 9.82. The van der Waals surface area contributed by atoms with E-state index in [4.69, 9.17) is 0 Å². The second kappa shape index (κ2) is 5.07. The highest BCUT2D eigenvalue weighted by atomic mass is 16.3. The molecule has 90 valence electrons. The van der Waals surface area contributed by atoms with Crippen LogP contribution in [0.4, 0.5) is 0 Å². The van der Waals surface area contributed by atoms with E-state index >= 15 is 0 Å². The molecule has 0 spiro atoms. The largest absolute Gasteiger partial charge is 0.391 e. The van der Waals surface area contributed by atoms with Crippen LogP contribution in [0.25, 0.3) is 0 Å². The van der Waals surface area contributed by atoms with Gasteiger partial charge in [0.15, 0.2) is 0 Å². The summed E-state index contributed by atoms with van der Waals surface area (Å²) in [5, 5.41) is 18.3. The summed E-state index contributed by atoms with van der Waals surface area (Å²) in [5.41, 5.74) is 0.0381. The number of aliphatic hydroxyl groups is 1. The lowest BCUT2D eigenvalue weighted by atomic mass is 9.89. The van der Waals surface area contributed by atoms with Gasteiger partial charge in [0.1, 0.15) is 6.33 Å². The maximum absolute atomic E-state index is 11.4. The van der Waals surface area contributed by atoms with E-state index in [0.717, 1.165) is 0 Å². The van der Waals surface area contributed by atoms with Gasteiger partial charge in [0.05, 0.1) is 6.10 Å². The van der Waals surface area contributed by atoms with Gasteiger partial charge in [-0.25, -0.2) is 4.98 Å². The summed E-state index contributed by atoms with van der Waals surface area (Å²) in [6.07, 6.45) is 1.34. The van der Waals surface area contributed by atoms with Crippen LogP contribution >= 0.6 is 0 Å². The Kier molecular flexibility index (Phi) is 4.00. The van der Waals surface area contributed by atoms with Gasteiger partial charge >= 0.3 is 0 Å². The van der Waals surface area contributed by atoms with Crippen LogP contribution in [0.2, 0.25) is 0 Å². The Morgan fingerprint density at radius 2 is 2.31 bits per heavy atom. The number of nitrogens with one attached hydrogen (secondary N) is 2. The van der Waals surface area contributed by atoms with Crippen molar-refractivity contribution in [2.45, 2.75) is 33.3 Å². The SMILES string of the molecule is CC(C)(C)CC(O)CNC(=O)c1ncn[nH]1. The minimum absolute atomic E-state index is 0.0381. The topological polar surface area (TPSA) is 90.9 Å². The Hall–Kier alpha value is -1.43. The number of hydrogen-bond donors (Lipinski definition) is 3. The van der Waals surface area contributed by atoms with E-state index in [2.05, 4.69) is 20.5 Å². The van der Waals surface area contributed by atoms with Gasteiger partial charge in [0.2, 0.25) is 5.82 Å². The van der Waals surface area contributed by atoms with Gasteiger partial charge in [-0.05, 0) is 11.8 Å². The number of aliphatic hydroxyl groups excluding tert-OH is 1. The number of amides is 1. The zero-order chi connectivity index (χ0) is 12.2. The predicted octanol–water partition coefficient (Wildman–Crippen LogP) is 0.332. The molecule has 3 N–H and O–H groups in total. The standard InChI is InChI=1S/C10H18N4O2/c1-10(2,3)4-7(15)5-11-9(16)8-12-6-13-14-8/h6-7,15H,4-5H2,1-3H3,(H,11,16)(H,12,13,14). The number of aromatic amines is 1. The summed E-state index contributed by atoms with van der Waals surface area (Å²) < 4.78 is 0. The summed E-state index contributed by atoms with van der Waals surface area (Å²) in [4.78, 5) is 15.1. The van der Waals surface area contributed by atoms with Crippen LogP contribution in [-0.2, 0) is 0 Å². The van der Waals surface area contributed by atoms with Crippen molar-refractivity contribution in [3.05, 3.63) is 12.2 Å².